The summed E-state index contributed by atoms with van der Waals surface area (Å²) in [5, 5.41) is 6.38. The Morgan fingerprint density at radius 2 is 2.29 bits per heavy atom. The number of nitrogens with zero attached hydrogens (tertiary/aromatic N) is 2. The van der Waals surface area contributed by atoms with Gasteiger partial charge in [-0.05, 0) is 45.9 Å². The molecule has 0 radical (unpaired) electrons. The van der Waals surface area contributed by atoms with Crippen LogP contribution in [0.15, 0.2) is 0 Å². The van der Waals surface area contributed by atoms with E-state index < -0.39 is 0 Å². The smallest absolute Gasteiger partial charge is 0.225 e. The molecule has 120 valence electrons. The number of hydrogen-bond donors (Lipinski definition) is 2. The molecule has 2 rings (SSSR count). The molecule has 2 aliphatic heterocycles. The van der Waals surface area contributed by atoms with Crippen molar-refractivity contribution < 1.29 is 9.59 Å². The first kappa shape index (κ1) is 16.2. The Labute approximate surface area is 127 Å². The van der Waals surface area contributed by atoms with E-state index in [1.165, 1.54) is 12.8 Å². The van der Waals surface area contributed by atoms with Crippen molar-refractivity contribution in [2.75, 3.05) is 53.4 Å². The molecule has 6 nitrogen and oxygen atoms in total. The van der Waals surface area contributed by atoms with Crippen LogP contribution in [0.1, 0.15) is 19.3 Å². The number of rotatable bonds is 6. The summed E-state index contributed by atoms with van der Waals surface area (Å²) in [6, 6.07) is 0. The summed E-state index contributed by atoms with van der Waals surface area (Å²) in [6.45, 7) is 4.92. The van der Waals surface area contributed by atoms with Crippen molar-refractivity contribution in [2.24, 2.45) is 11.8 Å². The predicted octanol–water partition coefficient (Wildman–Crippen LogP) is -0.488. The molecule has 2 N–H and O–H groups in total. The molecule has 0 aromatic rings. The minimum absolute atomic E-state index is 0.0428. The van der Waals surface area contributed by atoms with Crippen LogP contribution >= 0.6 is 0 Å². The highest BCUT2D eigenvalue weighted by Crippen LogP contribution is 2.18. The maximum Gasteiger partial charge on any atom is 0.225 e. The van der Waals surface area contributed by atoms with Gasteiger partial charge in [-0.3, -0.25) is 9.59 Å². The molecule has 0 aromatic heterocycles. The van der Waals surface area contributed by atoms with Gasteiger partial charge < -0.3 is 20.4 Å². The van der Waals surface area contributed by atoms with Crippen molar-refractivity contribution in [3.63, 3.8) is 0 Å². The van der Waals surface area contributed by atoms with Gasteiger partial charge in [0.1, 0.15) is 0 Å². The van der Waals surface area contributed by atoms with E-state index in [4.69, 9.17) is 0 Å². The Kier molecular flexibility index (Phi) is 5.99. The molecule has 2 heterocycles. The van der Waals surface area contributed by atoms with Gasteiger partial charge >= 0.3 is 0 Å². The lowest BCUT2D eigenvalue weighted by atomic mass is 9.99. The van der Waals surface area contributed by atoms with Gasteiger partial charge in [-0.2, -0.15) is 0 Å². The highest BCUT2D eigenvalue weighted by Gasteiger charge is 2.34. The van der Waals surface area contributed by atoms with E-state index >= 15 is 0 Å². The molecule has 2 aliphatic rings. The number of likely N-dealkylation sites (tertiary alicyclic amines) is 1. The van der Waals surface area contributed by atoms with Crippen LogP contribution in [0.2, 0.25) is 0 Å². The number of piperidine rings is 1. The van der Waals surface area contributed by atoms with Crippen molar-refractivity contribution in [3.8, 4) is 0 Å². The van der Waals surface area contributed by atoms with Crippen molar-refractivity contribution >= 4 is 11.8 Å². The summed E-state index contributed by atoms with van der Waals surface area (Å²) in [5.74, 6) is 0.512. The Morgan fingerprint density at radius 3 is 2.95 bits per heavy atom. The summed E-state index contributed by atoms with van der Waals surface area (Å²) in [6.07, 6.45) is 2.72. The highest BCUT2D eigenvalue weighted by atomic mass is 16.2. The topological polar surface area (TPSA) is 64.7 Å². The van der Waals surface area contributed by atoms with Crippen LogP contribution in [0.3, 0.4) is 0 Å². The molecule has 0 aromatic carbocycles. The maximum atomic E-state index is 12.2. The third-order valence-electron chi connectivity index (χ3n) is 4.37. The third kappa shape index (κ3) is 4.97. The van der Waals surface area contributed by atoms with Crippen LogP contribution in [-0.2, 0) is 9.59 Å². The zero-order valence-corrected chi connectivity index (χ0v) is 13.2. The van der Waals surface area contributed by atoms with Crippen LogP contribution in [0.5, 0.6) is 0 Å². The molecule has 2 saturated heterocycles. The fraction of sp³-hybridized carbons (Fsp3) is 0.867. The van der Waals surface area contributed by atoms with E-state index in [9.17, 15) is 9.59 Å². The van der Waals surface area contributed by atoms with E-state index in [0.29, 0.717) is 25.4 Å². The minimum Gasteiger partial charge on any atom is -0.355 e. The van der Waals surface area contributed by atoms with E-state index in [-0.39, 0.29) is 17.7 Å². The largest absolute Gasteiger partial charge is 0.355 e. The molecular formula is C15H28N4O2. The van der Waals surface area contributed by atoms with Crippen LogP contribution in [0.25, 0.3) is 0 Å². The summed E-state index contributed by atoms with van der Waals surface area (Å²) < 4.78 is 0. The minimum atomic E-state index is -0.170. The fourth-order valence-electron chi connectivity index (χ4n) is 2.97. The Hall–Kier alpha value is -1.14. The second-order valence-corrected chi connectivity index (χ2v) is 6.50. The molecule has 2 atom stereocenters. The lowest BCUT2D eigenvalue weighted by molar-refractivity contribution is -0.129. The molecule has 21 heavy (non-hydrogen) atoms. The van der Waals surface area contributed by atoms with Gasteiger partial charge in [0, 0.05) is 32.6 Å². The molecule has 6 heteroatoms. The summed E-state index contributed by atoms with van der Waals surface area (Å²) >= 11 is 0. The van der Waals surface area contributed by atoms with Gasteiger partial charge in [-0.25, -0.2) is 0 Å². The fourth-order valence-corrected chi connectivity index (χ4v) is 2.97. The zero-order valence-electron chi connectivity index (χ0n) is 13.2. The molecule has 0 bridgehead atoms. The first-order chi connectivity index (χ1) is 10.1. The average Bonchev–Trinajstić information content (AvgIpc) is 2.85. The van der Waals surface area contributed by atoms with Crippen LogP contribution in [-0.4, -0.2) is 75.0 Å². The number of likely N-dealkylation sites (N-methyl/N-ethyl adjacent to an activating group) is 1. The predicted molar refractivity (Wildman–Crippen MR) is 81.8 cm³/mol. The molecule has 2 amide bonds. The van der Waals surface area contributed by atoms with Crippen LogP contribution < -0.4 is 10.6 Å². The van der Waals surface area contributed by atoms with Gasteiger partial charge in [0.2, 0.25) is 11.8 Å². The Morgan fingerprint density at radius 1 is 1.48 bits per heavy atom. The van der Waals surface area contributed by atoms with Crippen molar-refractivity contribution in [3.05, 3.63) is 0 Å². The third-order valence-corrected chi connectivity index (χ3v) is 4.37. The van der Waals surface area contributed by atoms with E-state index in [0.717, 1.165) is 26.2 Å². The number of amides is 2. The lowest BCUT2D eigenvalue weighted by Gasteiger charge is -2.23. The normalized spacial score (nSPS) is 26.4. The average molecular weight is 296 g/mol. The summed E-state index contributed by atoms with van der Waals surface area (Å²) in [7, 11) is 3.98. The Balaban J connectivity index is 1.71. The molecule has 0 saturated carbocycles. The molecule has 0 spiro atoms. The summed E-state index contributed by atoms with van der Waals surface area (Å²) in [5.41, 5.74) is 0. The van der Waals surface area contributed by atoms with E-state index in [1.807, 2.05) is 19.0 Å². The van der Waals surface area contributed by atoms with Crippen molar-refractivity contribution in [1.29, 1.82) is 0 Å². The molecule has 0 aliphatic carbocycles. The first-order valence-corrected chi connectivity index (χ1v) is 7.97. The standard InChI is InChI=1S/C15H28N4O2/c1-18(2)6-7-19-11-13(8-14(19)20)15(21)17-10-12-4-3-5-16-9-12/h12-13,16H,3-11H2,1-2H3,(H,17,21). The summed E-state index contributed by atoms with van der Waals surface area (Å²) in [4.78, 5) is 28.0. The zero-order chi connectivity index (χ0) is 15.2. The lowest BCUT2D eigenvalue weighted by Crippen LogP contribution is -2.41. The van der Waals surface area contributed by atoms with Gasteiger partial charge in [0.05, 0.1) is 5.92 Å². The van der Waals surface area contributed by atoms with Gasteiger partial charge in [-0.15, -0.1) is 0 Å². The van der Waals surface area contributed by atoms with Gasteiger partial charge in [0.25, 0.3) is 0 Å². The maximum absolute atomic E-state index is 12.2. The van der Waals surface area contributed by atoms with Crippen molar-refractivity contribution in [1.82, 2.24) is 20.4 Å². The first-order valence-electron chi connectivity index (χ1n) is 7.97. The molecular weight excluding hydrogens is 268 g/mol. The van der Waals surface area contributed by atoms with Gasteiger partial charge in [0.15, 0.2) is 0 Å². The van der Waals surface area contributed by atoms with Crippen LogP contribution in [0.4, 0.5) is 0 Å². The molecule has 2 unspecified atom stereocenters. The second kappa shape index (κ2) is 7.75. The Bertz CT molecular complexity index is 367. The highest BCUT2D eigenvalue weighted by molar-refractivity contribution is 5.89. The van der Waals surface area contributed by atoms with E-state index in [2.05, 4.69) is 15.5 Å². The van der Waals surface area contributed by atoms with E-state index in [1.54, 1.807) is 0 Å². The van der Waals surface area contributed by atoms with Crippen molar-refractivity contribution in [2.45, 2.75) is 19.3 Å². The monoisotopic (exact) mass is 296 g/mol. The number of hydrogen-bond acceptors (Lipinski definition) is 4. The SMILES string of the molecule is CN(C)CCN1CC(C(=O)NCC2CCCNC2)CC1=O. The second-order valence-electron chi connectivity index (χ2n) is 6.50. The van der Waals surface area contributed by atoms with Crippen LogP contribution in [0, 0.1) is 11.8 Å². The number of carbonyl (C=O) groups excluding carboxylic acids is 2. The van der Waals surface area contributed by atoms with Gasteiger partial charge in [-0.1, -0.05) is 0 Å². The number of nitrogens with one attached hydrogen (secondary N) is 2. The molecule has 2 fully saturated rings. The quantitative estimate of drug-likeness (QED) is 0.694. The number of carbonyl (C=O) groups is 2.